The SMILES string of the molecule is COc1cc(NC(=O)Cn2nnnc2-c2ccc(C)cc2)cc(OC)c1. The van der Waals surface area contributed by atoms with Crippen LogP contribution < -0.4 is 14.8 Å². The van der Waals surface area contributed by atoms with Crippen LogP contribution in [-0.2, 0) is 11.3 Å². The molecule has 0 aliphatic heterocycles. The summed E-state index contributed by atoms with van der Waals surface area (Å²) in [6, 6.07) is 12.9. The Hall–Kier alpha value is -3.42. The van der Waals surface area contributed by atoms with Gasteiger partial charge in [0.1, 0.15) is 18.0 Å². The summed E-state index contributed by atoms with van der Waals surface area (Å²) >= 11 is 0. The van der Waals surface area contributed by atoms with Crippen molar-refractivity contribution in [2.45, 2.75) is 13.5 Å². The average molecular weight is 353 g/mol. The van der Waals surface area contributed by atoms with Crippen molar-refractivity contribution < 1.29 is 14.3 Å². The molecule has 0 aliphatic rings. The Kier molecular flexibility index (Phi) is 5.12. The van der Waals surface area contributed by atoms with Crippen LogP contribution in [0.25, 0.3) is 11.4 Å². The van der Waals surface area contributed by atoms with Crippen molar-refractivity contribution in [2.24, 2.45) is 0 Å². The summed E-state index contributed by atoms with van der Waals surface area (Å²) in [6.07, 6.45) is 0. The number of nitrogens with one attached hydrogen (secondary N) is 1. The van der Waals surface area contributed by atoms with Crippen LogP contribution in [-0.4, -0.2) is 40.3 Å². The predicted octanol–water partition coefficient (Wildman–Crippen LogP) is 2.30. The van der Waals surface area contributed by atoms with E-state index in [4.69, 9.17) is 9.47 Å². The minimum Gasteiger partial charge on any atom is -0.497 e. The van der Waals surface area contributed by atoms with E-state index in [9.17, 15) is 4.79 Å². The molecule has 0 saturated heterocycles. The monoisotopic (exact) mass is 353 g/mol. The van der Waals surface area contributed by atoms with E-state index in [-0.39, 0.29) is 12.5 Å². The normalized spacial score (nSPS) is 10.4. The van der Waals surface area contributed by atoms with Gasteiger partial charge in [0, 0.05) is 29.4 Å². The van der Waals surface area contributed by atoms with Crippen LogP contribution in [0.3, 0.4) is 0 Å². The lowest BCUT2D eigenvalue weighted by atomic mass is 10.1. The summed E-state index contributed by atoms with van der Waals surface area (Å²) in [5.41, 5.74) is 2.55. The number of amides is 1. The molecule has 3 aromatic rings. The zero-order chi connectivity index (χ0) is 18.5. The molecule has 0 atom stereocenters. The minimum absolute atomic E-state index is 0.0181. The summed E-state index contributed by atoms with van der Waals surface area (Å²) in [6.45, 7) is 1.98. The summed E-state index contributed by atoms with van der Waals surface area (Å²) in [4.78, 5) is 12.4. The van der Waals surface area contributed by atoms with Gasteiger partial charge in [-0.05, 0) is 17.4 Å². The minimum atomic E-state index is -0.263. The molecule has 0 radical (unpaired) electrons. The van der Waals surface area contributed by atoms with E-state index in [1.54, 1.807) is 32.4 Å². The number of nitrogens with zero attached hydrogens (tertiary/aromatic N) is 4. The van der Waals surface area contributed by atoms with Gasteiger partial charge in [-0.15, -0.1) is 5.10 Å². The number of carbonyl (C=O) groups is 1. The molecule has 0 aliphatic carbocycles. The first-order valence-corrected chi connectivity index (χ1v) is 7.95. The van der Waals surface area contributed by atoms with Gasteiger partial charge in [0.15, 0.2) is 5.82 Å². The summed E-state index contributed by atoms with van der Waals surface area (Å²) in [7, 11) is 3.10. The summed E-state index contributed by atoms with van der Waals surface area (Å²) in [5, 5.41) is 14.4. The molecule has 0 spiro atoms. The number of hydrogen-bond acceptors (Lipinski definition) is 6. The van der Waals surface area contributed by atoms with Gasteiger partial charge in [-0.25, -0.2) is 4.68 Å². The highest BCUT2D eigenvalue weighted by Gasteiger charge is 2.13. The second kappa shape index (κ2) is 7.64. The molecule has 134 valence electrons. The van der Waals surface area contributed by atoms with E-state index >= 15 is 0 Å². The number of aromatic nitrogens is 4. The topological polar surface area (TPSA) is 91.2 Å². The number of tetrazole rings is 1. The maximum atomic E-state index is 12.4. The summed E-state index contributed by atoms with van der Waals surface area (Å²) in [5.74, 6) is 1.44. The van der Waals surface area contributed by atoms with Crippen molar-refractivity contribution >= 4 is 11.6 Å². The smallest absolute Gasteiger partial charge is 0.246 e. The molecule has 8 heteroatoms. The molecule has 1 N–H and O–H groups in total. The number of aryl methyl sites for hydroxylation is 1. The Morgan fingerprint density at radius 1 is 1.08 bits per heavy atom. The van der Waals surface area contributed by atoms with Crippen molar-refractivity contribution in [1.29, 1.82) is 0 Å². The molecule has 1 heterocycles. The summed E-state index contributed by atoms with van der Waals surface area (Å²) < 4.78 is 11.9. The predicted molar refractivity (Wildman–Crippen MR) is 96.2 cm³/mol. The maximum Gasteiger partial charge on any atom is 0.246 e. The highest BCUT2D eigenvalue weighted by molar-refractivity contribution is 5.91. The lowest BCUT2D eigenvalue weighted by molar-refractivity contribution is -0.116. The Bertz CT molecular complexity index is 883. The zero-order valence-corrected chi connectivity index (χ0v) is 14.8. The highest BCUT2D eigenvalue weighted by atomic mass is 16.5. The molecule has 0 bridgehead atoms. The van der Waals surface area contributed by atoms with Crippen molar-refractivity contribution in [1.82, 2.24) is 20.2 Å². The van der Waals surface area contributed by atoms with Gasteiger partial charge in [0.2, 0.25) is 5.91 Å². The number of anilines is 1. The first-order chi connectivity index (χ1) is 12.6. The number of ether oxygens (including phenoxy) is 2. The van der Waals surface area contributed by atoms with Crippen LogP contribution in [0.5, 0.6) is 11.5 Å². The van der Waals surface area contributed by atoms with Crippen LogP contribution in [0.2, 0.25) is 0 Å². The van der Waals surface area contributed by atoms with E-state index in [2.05, 4.69) is 20.8 Å². The fourth-order valence-electron chi connectivity index (χ4n) is 2.44. The third-order valence-corrected chi connectivity index (χ3v) is 3.77. The first-order valence-electron chi connectivity index (χ1n) is 7.95. The molecule has 0 unspecified atom stereocenters. The number of benzene rings is 2. The van der Waals surface area contributed by atoms with E-state index in [0.717, 1.165) is 11.1 Å². The van der Waals surface area contributed by atoms with E-state index in [0.29, 0.717) is 23.0 Å². The third kappa shape index (κ3) is 3.97. The molecular weight excluding hydrogens is 334 g/mol. The van der Waals surface area contributed by atoms with Gasteiger partial charge in [0.05, 0.1) is 14.2 Å². The molecule has 3 rings (SSSR count). The van der Waals surface area contributed by atoms with Gasteiger partial charge in [-0.2, -0.15) is 0 Å². The fraction of sp³-hybridized carbons (Fsp3) is 0.222. The Morgan fingerprint density at radius 2 is 1.73 bits per heavy atom. The number of hydrogen-bond donors (Lipinski definition) is 1. The van der Waals surface area contributed by atoms with Crippen molar-refractivity contribution in [3.63, 3.8) is 0 Å². The van der Waals surface area contributed by atoms with Gasteiger partial charge in [-0.3, -0.25) is 4.79 Å². The lowest BCUT2D eigenvalue weighted by Gasteiger charge is -2.10. The third-order valence-electron chi connectivity index (χ3n) is 3.77. The molecule has 26 heavy (non-hydrogen) atoms. The highest BCUT2D eigenvalue weighted by Crippen LogP contribution is 2.25. The zero-order valence-electron chi connectivity index (χ0n) is 14.8. The van der Waals surface area contributed by atoms with E-state index in [1.165, 1.54) is 4.68 Å². The Balaban J connectivity index is 1.75. The molecule has 1 amide bonds. The van der Waals surface area contributed by atoms with Crippen molar-refractivity contribution in [3.8, 4) is 22.9 Å². The Labute approximate surface area is 150 Å². The van der Waals surface area contributed by atoms with Crippen LogP contribution in [0, 0.1) is 6.92 Å². The van der Waals surface area contributed by atoms with E-state index < -0.39 is 0 Å². The van der Waals surface area contributed by atoms with Gasteiger partial charge < -0.3 is 14.8 Å². The molecule has 0 fully saturated rings. The van der Waals surface area contributed by atoms with E-state index in [1.807, 2.05) is 31.2 Å². The largest absolute Gasteiger partial charge is 0.497 e. The molecule has 0 saturated carbocycles. The molecule has 2 aromatic carbocycles. The molecule has 8 nitrogen and oxygen atoms in total. The lowest BCUT2D eigenvalue weighted by Crippen LogP contribution is -2.20. The van der Waals surface area contributed by atoms with Gasteiger partial charge in [-0.1, -0.05) is 29.8 Å². The number of rotatable bonds is 6. The number of methoxy groups -OCH3 is 2. The first kappa shape index (κ1) is 17.4. The van der Waals surface area contributed by atoms with Crippen LogP contribution in [0.15, 0.2) is 42.5 Å². The van der Waals surface area contributed by atoms with Gasteiger partial charge in [0.25, 0.3) is 0 Å². The van der Waals surface area contributed by atoms with Crippen LogP contribution in [0.1, 0.15) is 5.56 Å². The molecular formula is C18H19N5O3. The Morgan fingerprint density at radius 3 is 2.35 bits per heavy atom. The maximum absolute atomic E-state index is 12.4. The second-order valence-corrected chi connectivity index (χ2v) is 5.68. The van der Waals surface area contributed by atoms with Crippen LogP contribution in [0.4, 0.5) is 5.69 Å². The average Bonchev–Trinajstić information content (AvgIpc) is 3.09. The quantitative estimate of drug-likeness (QED) is 0.731. The van der Waals surface area contributed by atoms with Crippen LogP contribution >= 0.6 is 0 Å². The number of carbonyl (C=O) groups excluding carboxylic acids is 1. The molecule has 1 aromatic heterocycles. The van der Waals surface area contributed by atoms with Crippen molar-refractivity contribution in [3.05, 3.63) is 48.0 Å². The fourth-order valence-corrected chi connectivity index (χ4v) is 2.44. The standard InChI is InChI=1S/C18H19N5O3/c1-12-4-6-13(7-5-12)18-20-21-22-23(18)11-17(24)19-14-8-15(25-2)10-16(9-14)26-3/h4-10H,11H2,1-3H3,(H,19,24). The van der Waals surface area contributed by atoms with Crippen molar-refractivity contribution in [2.75, 3.05) is 19.5 Å². The van der Waals surface area contributed by atoms with Gasteiger partial charge >= 0.3 is 0 Å². The second-order valence-electron chi connectivity index (χ2n) is 5.68.